The van der Waals surface area contributed by atoms with Crippen molar-refractivity contribution in [1.82, 2.24) is 5.32 Å². The maximum absolute atomic E-state index is 12.9. The number of hydrogen-bond acceptors (Lipinski definition) is 2. The summed E-state index contributed by atoms with van der Waals surface area (Å²) in [5, 5.41) is 12.3. The van der Waals surface area contributed by atoms with Crippen LogP contribution in [-0.2, 0) is 6.54 Å². The molecule has 1 aromatic rings. The van der Waals surface area contributed by atoms with Gasteiger partial charge < -0.3 is 10.4 Å². The molecule has 0 fully saturated rings. The van der Waals surface area contributed by atoms with Gasteiger partial charge in [-0.25, -0.2) is 4.39 Å². The molecule has 0 aliphatic heterocycles. The van der Waals surface area contributed by atoms with Gasteiger partial charge in [-0.1, -0.05) is 24.6 Å². The standard InChI is InChI=1S/C12H17ClFNO/c1-2-9(8-16)6-15-7-10-3-4-12(14)11(13)5-10/h3-5,9,15-16H,2,6-8H2,1H3. The van der Waals surface area contributed by atoms with E-state index in [0.717, 1.165) is 18.5 Å². The highest BCUT2D eigenvalue weighted by Crippen LogP contribution is 2.15. The SMILES string of the molecule is CCC(CO)CNCc1ccc(F)c(Cl)c1. The second kappa shape index (κ2) is 6.84. The molecule has 0 aromatic heterocycles. The van der Waals surface area contributed by atoms with E-state index in [1.807, 2.05) is 6.92 Å². The number of aliphatic hydroxyl groups excluding tert-OH is 1. The molecule has 0 saturated heterocycles. The maximum atomic E-state index is 12.9. The Hall–Kier alpha value is -0.640. The molecule has 4 heteroatoms. The quantitative estimate of drug-likeness (QED) is 0.808. The predicted molar refractivity (Wildman–Crippen MR) is 64.0 cm³/mol. The van der Waals surface area contributed by atoms with Gasteiger partial charge in [0.25, 0.3) is 0 Å². The van der Waals surface area contributed by atoms with Crippen LogP contribution < -0.4 is 5.32 Å². The average molecular weight is 246 g/mol. The van der Waals surface area contributed by atoms with Gasteiger partial charge in [0, 0.05) is 19.7 Å². The van der Waals surface area contributed by atoms with Gasteiger partial charge in [-0.3, -0.25) is 0 Å². The van der Waals surface area contributed by atoms with Crippen molar-refractivity contribution in [2.75, 3.05) is 13.2 Å². The number of hydrogen-bond donors (Lipinski definition) is 2. The first-order valence-electron chi connectivity index (χ1n) is 5.42. The number of aliphatic hydroxyl groups is 1. The Morgan fingerprint density at radius 3 is 2.81 bits per heavy atom. The van der Waals surface area contributed by atoms with Crippen LogP contribution in [-0.4, -0.2) is 18.3 Å². The van der Waals surface area contributed by atoms with Crippen LogP contribution in [0.25, 0.3) is 0 Å². The zero-order chi connectivity index (χ0) is 12.0. The highest BCUT2D eigenvalue weighted by Gasteiger charge is 2.04. The third kappa shape index (κ3) is 4.08. The predicted octanol–water partition coefficient (Wildman–Crippen LogP) is 2.59. The molecule has 0 spiro atoms. The van der Waals surface area contributed by atoms with E-state index in [2.05, 4.69) is 5.32 Å². The summed E-state index contributed by atoms with van der Waals surface area (Å²) in [4.78, 5) is 0. The Bertz CT molecular complexity index is 329. The minimum atomic E-state index is -0.396. The van der Waals surface area contributed by atoms with Crippen LogP contribution in [0.2, 0.25) is 5.02 Å². The first-order valence-corrected chi connectivity index (χ1v) is 5.80. The Labute approximate surface area is 100 Å². The van der Waals surface area contributed by atoms with Crippen molar-refractivity contribution in [3.05, 3.63) is 34.6 Å². The second-order valence-electron chi connectivity index (χ2n) is 3.84. The van der Waals surface area contributed by atoms with E-state index in [1.165, 1.54) is 6.07 Å². The largest absolute Gasteiger partial charge is 0.396 e. The molecule has 0 radical (unpaired) electrons. The van der Waals surface area contributed by atoms with Gasteiger partial charge in [0.05, 0.1) is 5.02 Å². The van der Waals surface area contributed by atoms with Crippen LogP contribution in [0.4, 0.5) is 4.39 Å². The van der Waals surface area contributed by atoms with E-state index in [4.69, 9.17) is 16.7 Å². The normalized spacial score (nSPS) is 12.8. The van der Waals surface area contributed by atoms with Gasteiger partial charge >= 0.3 is 0 Å². The summed E-state index contributed by atoms with van der Waals surface area (Å²) in [5.41, 5.74) is 0.944. The third-order valence-electron chi connectivity index (χ3n) is 2.58. The van der Waals surface area contributed by atoms with Crippen LogP contribution in [0.1, 0.15) is 18.9 Å². The molecule has 0 aliphatic carbocycles. The monoisotopic (exact) mass is 245 g/mol. The average Bonchev–Trinajstić information content (AvgIpc) is 2.29. The van der Waals surface area contributed by atoms with Crippen LogP contribution in [0.3, 0.4) is 0 Å². The van der Waals surface area contributed by atoms with Crippen molar-refractivity contribution >= 4 is 11.6 Å². The van der Waals surface area contributed by atoms with Gasteiger partial charge in [-0.15, -0.1) is 0 Å². The number of rotatable bonds is 6. The molecule has 0 aliphatic rings. The molecular formula is C12H17ClFNO. The molecule has 1 unspecified atom stereocenters. The van der Waals surface area contributed by atoms with Crippen molar-refractivity contribution in [1.29, 1.82) is 0 Å². The summed E-state index contributed by atoms with van der Waals surface area (Å²) in [7, 11) is 0. The van der Waals surface area contributed by atoms with Crippen molar-refractivity contribution in [3.63, 3.8) is 0 Å². The molecule has 0 bridgehead atoms. The van der Waals surface area contributed by atoms with E-state index in [9.17, 15) is 4.39 Å². The van der Waals surface area contributed by atoms with Gasteiger partial charge in [-0.05, 0) is 30.0 Å². The second-order valence-corrected chi connectivity index (χ2v) is 4.24. The Balaban J connectivity index is 2.40. The molecule has 2 nitrogen and oxygen atoms in total. The van der Waals surface area contributed by atoms with E-state index < -0.39 is 5.82 Å². The maximum Gasteiger partial charge on any atom is 0.141 e. The summed E-state index contributed by atoms with van der Waals surface area (Å²) in [5.74, 6) is -0.122. The number of halogens is 2. The first-order chi connectivity index (χ1) is 7.67. The van der Waals surface area contributed by atoms with Crippen LogP contribution in [0.15, 0.2) is 18.2 Å². The van der Waals surface area contributed by atoms with Crippen molar-refractivity contribution in [2.45, 2.75) is 19.9 Å². The Morgan fingerprint density at radius 1 is 1.50 bits per heavy atom. The fraction of sp³-hybridized carbons (Fsp3) is 0.500. The summed E-state index contributed by atoms with van der Waals surface area (Å²) >= 11 is 5.67. The van der Waals surface area contributed by atoms with Crippen molar-refractivity contribution in [3.8, 4) is 0 Å². The lowest BCUT2D eigenvalue weighted by Gasteiger charge is -2.12. The molecule has 90 valence electrons. The summed E-state index contributed by atoms with van der Waals surface area (Å²) < 4.78 is 12.9. The lowest BCUT2D eigenvalue weighted by atomic mass is 10.1. The third-order valence-corrected chi connectivity index (χ3v) is 2.87. The molecular weight excluding hydrogens is 229 g/mol. The number of nitrogens with one attached hydrogen (secondary N) is 1. The number of benzene rings is 1. The molecule has 1 rings (SSSR count). The van der Waals surface area contributed by atoms with E-state index in [0.29, 0.717) is 6.54 Å². The summed E-state index contributed by atoms with van der Waals surface area (Å²) in [6, 6.07) is 4.68. The molecule has 1 atom stereocenters. The molecule has 0 saturated carbocycles. The fourth-order valence-corrected chi connectivity index (χ4v) is 1.61. The van der Waals surface area contributed by atoms with Gasteiger partial charge in [0.1, 0.15) is 5.82 Å². The smallest absolute Gasteiger partial charge is 0.141 e. The lowest BCUT2D eigenvalue weighted by Crippen LogP contribution is -2.24. The summed E-state index contributed by atoms with van der Waals surface area (Å²) in [6.07, 6.45) is 0.938. The van der Waals surface area contributed by atoms with Gasteiger partial charge in [0.2, 0.25) is 0 Å². The topological polar surface area (TPSA) is 32.3 Å². The molecule has 2 N–H and O–H groups in total. The summed E-state index contributed by atoms with van der Waals surface area (Å²) in [6.45, 7) is 3.61. The highest BCUT2D eigenvalue weighted by molar-refractivity contribution is 6.30. The minimum absolute atomic E-state index is 0.147. The molecule has 0 amide bonds. The molecule has 16 heavy (non-hydrogen) atoms. The van der Waals surface area contributed by atoms with E-state index in [-0.39, 0.29) is 17.5 Å². The van der Waals surface area contributed by atoms with Crippen LogP contribution in [0.5, 0.6) is 0 Å². The fourth-order valence-electron chi connectivity index (χ4n) is 1.41. The highest BCUT2D eigenvalue weighted by atomic mass is 35.5. The molecule has 1 aromatic carbocycles. The van der Waals surface area contributed by atoms with E-state index in [1.54, 1.807) is 12.1 Å². The first kappa shape index (κ1) is 13.4. The Morgan fingerprint density at radius 2 is 2.25 bits per heavy atom. The molecule has 0 heterocycles. The zero-order valence-electron chi connectivity index (χ0n) is 9.34. The van der Waals surface area contributed by atoms with Crippen molar-refractivity contribution in [2.24, 2.45) is 5.92 Å². The van der Waals surface area contributed by atoms with E-state index >= 15 is 0 Å². The lowest BCUT2D eigenvalue weighted by molar-refractivity contribution is 0.218. The van der Waals surface area contributed by atoms with Gasteiger partial charge in [0.15, 0.2) is 0 Å². The minimum Gasteiger partial charge on any atom is -0.396 e. The zero-order valence-corrected chi connectivity index (χ0v) is 10.1. The van der Waals surface area contributed by atoms with Crippen LogP contribution in [0, 0.1) is 11.7 Å². The van der Waals surface area contributed by atoms with Crippen LogP contribution >= 0.6 is 11.6 Å². The van der Waals surface area contributed by atoms with Gasteiger partial charge in [-0.2, -0.15) is 0 Å². The van der Waals surface area contributed by atoms with Crippen molar-refractivity contribution < 1.29 is 9.50 Å². The Kier molecular flexibility index (Phi) is 5.74.